The van der Waals surface area contributed by atoms with Gasteiger partial charge in [0.1, 0.15) is 5.82 Å². The fraction of sp³-hybridized carbons (Fsp3) is 0.364. The van der Waals surface area contributed by atoms with Gasteiger partial charge in [0.15, 0.2) is 0 Å². The summed E-state index contributed by atoms with van der Waals surface area (Å²) in [5.41, 5.74) is -0.901. The standard InChI is InChI=1S/C11H10F4O2/c12-9-5-7(2-1-3-10(16)17)4-8(6-9)11(13,14)15/h4-6H,1-3H2,(H,16,17). The van der Waals surface area contributed by atoms with Gasteiger partial charge in [-0.1, -0.05) is 0 Å². The second-order valence-electron chi connectivity index (χ2n) is 3.59. The number of carbonyl (C=O) groups is 1. The molecule has 0 aromatic heterocycles. The maximum absolute atomic E-state index is 12.9. The van der Waals surface area contributed by atoms with Crippen molar-refractivity contribution in [2.45, 2.75) is 25.4 Å². The van der Waals surface area contributed by atoms with E-state index in [-0.39, 0.29) is 24.8 Å². The Bertz CT molecular complexity index is 412. The van der Waals surface area contributed by atoms with Gasteiger partial charge in [-0.25, -0.2) is 4.39 Å². The molecule has 0 unspecified atom stereocenters. The molecule has 0 aliphatic heterocycles. The average Bonchev–Trinajstić information content (AvgIpc) is 2.14. The highest BCUT2D eigenvalue weighted by molar-refractivity contribution is 5.66. The number of aliphatic carboxylic acids is 1. The summed E-state index contributed by atoms with van der Waals surface area (Å²) >= 11 is 0. The molecule has 6 heteroatoms. The van der Waals surface area contributed by atoms with Gasteiger partial charge < -0.3 is 5.11 Å². The van der Waals surface area contributed by atoms with Crippen LogP contribution in [0.4, 0.5) is 17.6 Å². The molecule has 0 saturated heterocycles. The van der Waals surface area contributed by atoms with E-state index >= 15 is 0 Å². The minimum Gasteiger partial charge on any atom is -0.481 e. The molecule has 0 atom stereocenters. The van der Waals surface area contributed by atoms with Gasteiger partial charge in [-0.2, -0.15) is 13.2 Å². The van der Waals surface area contributed by atoms with E-state index in [0.717, 1.165) is 12.1 Å². The van der Waals surface area contributed by atoms with Gasteiger partial charge in [0, 0.05) is 6.42 Å². The lowest BCUT2D eigenvalue weighted by Crippen LogP contribution is -2.06. The fourth-order valence-corrected chi connectivity index (χ4v) is 1.40. The van der Waals surface area contributed by atoms with Crippen LogP contribution in [0, 0.1) is 5.82 Å². The number of hydrogen-bond acceptors (Lipinski definition) is 1. The van der Waals surface area contributed by atoms with Crippen molar-refractivity contribution in [2.24, 2.45) is 0 Å². The van der Waals surface area contributed by atoms with E-state index in [1.165, 1.54) is 0 Å². The molecule has 1 aromatic rings. The number of halogens is 4. The zero-order valence-electron chi connectivity index (χ0n) is 8.72. The summed E-state index contributed by atoms with van der Waals surface area (Å²) in [6.45, 7) is 0. The van der Waals surface area contributed by atoms with Crippen LogP contribution in [0.5, 0.6) is 0 Å². The predicted octanol–water partition coefficient (Wildman–Crippen LogP) is 3.25. The lowest BCUT2D eigenvalue weighted by atomic mass is 10.0. The second kappa shape index (κ2) is 5.16. The average molecular weight is 250 g/mol. The van der Waals surface area contributed by atoms with E-state index in [9.17, 15) is 22.4 Å². The Morgan fingerprint density at radius 1 is 1.24 bits per heavy atom. The molecule has 1 rings (SSSR count). The first-order chi connectivity index (χ1) is 7.79. The van der Waals surface area contributed by atoms with Crippen LogP contribution in [0.3, 0.4) is 0 Å². The topological polar surface area (TPSA) is 37.3 Å². The first-order valence-corrected chi connectivity index (χ1v) is 4.87. The molecule has 94 valence electrons. The number of carboxylic acid groups (broad SMARTS) is 1. The lowest BCUT2D eigenvalue weighted by molar-refractivity contribution is -0.138. The normalized spacial score (nSPS) is 11.5. The third-order valence-electron chi connectivity index (χ3n) is 2.14. The summed E-state index contributed by atoms with van der Waals surface area (Å²) in [6, 6.07) is 2.24. The summed E-state index contributed by atoms with van der Waals surface area (Å²) < 4.78 is 49.9. The zero-order valence-corrected chi connectivity index (χ0v) is 8.72. The SMILES string of the molecule is O=C(O)CCCc1cc(F)cc(C(F)(F)F)c1. The Morgan fingerprint density at radius 3 is 2.41 bits per heavy atom. The number of carboxylic acids is 1. The number of alkyl halides is 3. The largest absolute Gasteiger partial charge is 0.481 e. The van der Waals surface area contributed by atoms with Gasteiger partial charge in [-0.05, 0) is 36.6 Å². The van der Waals surface area contributed by atoms with Crippen LogP contribution >= 0.6 is 0 Å². The zero-order chi connectivity index (χ0) is 13.1. The number of benzene rings is 1. The molecule has 0 radical (unpaired) electrons. The molecule has 0 aliphatic carbocycles. The first kappa shape index (κ1) is 13.5. The molecule has 0 spiro atoms. The van der Waals surface area contributed by atoms with Gasteiger partial charge in [-0.3, -0.25) is 4.79 Å². The summed E-state index contributed by atoms with van der Waals surface area (Å²) in [5.74, 6) is -2.00. The monoisotopic (exact) mass is 250 g/mol. The molecule has 0 amide bonds. The third kappa shape index (κ3) is 4.42. The van der Waals surface area contributed by atoms with Crippen LogP contribution in [-0.2, 0) is 17.4 Å². The van der Waals surface area contributed by atoms with E-state index in [1.807, 2.05) is 0 Å². The highest BCUT2D eigenvalue weighted by Crippen LogP contribution is 2.30. The highest BCUT2D eigenvalue weighted by atomic mass is 19.4. The van der Waals surface area contributed by atoms with E-state index in [2.05, 4.69) is 0 Å². The van der Waals surface area contributed by atoms with Gasteiger partial charge >= 0.3 is 12.1 Å². The molecule has 0 fully saturated rings. The quantitative estimate of drug-likeness (QED) is 0.833. The van der Waals surface area contributed by atoms with E-state index in [1.54, 1.807) is 0 Å². The smallest absolute Gasteiger partial charge is 0.416 e. The summed E-state index contributed by atoms with van der Waals surface area (Å²) in [4.78, 5) is 10.2. The summed E-state index contributed by atoms with van der Waals surface area (Å²) in [7, 11) is 0. The molecule has 0 aliphatic rings. The third-order valence-corrected chi connectivity index (χ3v) is 2.14. The molecule has 2 nitrogen and oxygen atoms in total. The van der Waals surface area contributed by atoms with Crippen molar-refractivity contribution in [2.75, 3.05) is 0 Å². The van der Waals surface area contributed by atoms with Crippen molar-refractivity contribution < 1.29 is 27.5 Å². The molecule has 17 heavy (non-hydrogen) atoms. The maximum atomic E-state index is 12.9. The molecule has 1 N–H and O–H groups in total. The Kier molecular flexibility index (Phi) is 4.09. The Balaban J connectivity index is 2.79. The number of rotatable bonds is 4. The lowest BCUT2D eigenvalue weighted by Gasteiger charge is -2.09. The Morgan fingerprint density at radius 2 is 1.88 bits per heavy atom. The van der Waals surface area contributed by atoms with Gasteiger partial charge in [0.05, 0.1) is 5.56 Å². The van der Waals surface area contributed by atoms with Crippen LogP contribution in [0.1, 0.15) is 24.0 Å². The second-order valence-corrected chi connectivity index (χ2v) is 3.59. The van der Waals surface area contributed by atoms with E-state index < -0.39 is 23.5 Å². The van der Waals surface area contributed by atoms with Crippen molar-refractivity contribution >= 4 is 5.97 Å². The Hall–Kier alpha value is -1.59. The minimum absolute atomic E-state index is 0.104. The van der Waals surface area contributed by atoms with Crippen LogP contribution in [0.2, 0.25) is 0 Å². The van der Waals surface area contributed by atoms with Crippen molar-refractivity contribution in [1.82, 2.24) is 0 Å². The van der Waals surface area contributed by atoms with Crippen LogP contribution in [-0.4, -0.2) is 11.1 Å². The van der Waals surface area contributed by atoms with Gasteiger partial charge in [0.2, 0.25) is 0 Å². The maximum Gasteiger partial charge on any atom is 0.416 e. The van der Waals surface area contributed by atoms with Crippen LogP contribution in [0.15, 0.2) is 18.2 Å². The van der Waals surface area contributed by atoms with Crippen LogP contribution < -0.4 is 0 Å². The summed E-state index contributed by atoms with van der Waals surface area (Å²) in [6.07, 6.45) is -4.47. The van der Waals surface area contributed by atoms with Crippen LogP contribution in [0.25, 0.3) is 0 Å². The van der Waals surface area contributed by atoms with Crippen molar-refractivity contribution in [3.8, 4) is 0 Å². The van der Waals surface area contributed by atoms with Gasteiger partial charge in [-0.15, -0.1) is 0 Å². The number of aryl methyl sites for hydroxylation is 1. The van der Waals surface area contributed by atoms with E-state index in [4.69, 9.17) is 5.11 Å². The summed E-state index contributed by atoms with van der Waals surface area (Å²) in [5, 5.41) is 8.38. The fourth-order valence-electron chi connectivity index (χ4n) is 1.40. The van der Waals surface area contributed by atoms with E-state index in [0.29, 0.717) is 6.07 Å². The molecular weight excluding hydrogens is 240 g/mol. The Labute approximate surface area is 94.9 Å². The van der Waals surface area contributed by atoms with Crippen molar-refractivity contribution in [3.63, 3.8) is 0 Å². The molecule has 0 saturated carbocycles. The highest BCUT2D eigenvalue weighted by Gasteiger charge is 2.31. The molecule has 0 heterocycles. The number of hydrogen-bond donors (Lipinski definition) is 1. The molecule has 0 bridgehead atoms. The molecular formula is C11H10F4O2. The van der Waals surface area contributed by atoms with Crippen molar-refractivity contribution in [3.05, 3.63) is 35.1 Å². The van der Waals surface area contributed by atoms with Gasteiger partial charge in [0.25, 0.3) is 0 Å². The first-order valence-electron chi connectivity index (χ1n) is 4.87. The minimum atomic E-state index is -4.59. The van der Waals surface area contributed by atoms with Crippen molar-refractivity contribution in [1.29, 1.82) is 0 Å². The molecule has 1 aromatic carbocycles. The predicted molar refractivity (Wildman–Crippen MR) is 52.0 cm³/mol.